The summed E-state index contributed by atoms with van der Waals surface area (Å²) in [4.78, 5) is 22.6. The summed E-state index contributed by atoms with van der Waals surface area (Å²) in [6.07, 6.45) is 4.44. The van der Waals surface area contributed by atoms with Crippen LogP contribution >= 0.6 is 11.6 Å². The highest BCUT2D eigenvalue weighted by atomic mass is 35.5. The summed E-state index contributed by atoms with van der Waals surface area (Å²) < 4.78 is 14.8. The zero-order valence-corrected chi connectivity index (χ0v) is 20.5. The quantitative estimate of drug-likeness (QED) is 0.645. The van der Waals surface area contributed by atoms with E-state index in [1.165, 1.54) is 24.6 Å². The molecule has 4 aliphatic rings. The van der Waals surface area contributed by atoms with Gasteiger partial charge < -0.3 is 20.4 Å². The van der Waals surface area contributed by atoms with Gasteiger partial charge in [0, 0.05) is 54.6 Å². The molecular weight excluding hydrogens is 453 g/mol. The summed E-state index contributed by atoms with van der Waals surface area (Å²) in [5, 5.41) is 7.21. The Kier molecular flexibility index (Phi) is 6.67. The molecule has 182 valence electrons. The van der Waals surface area contributed by atoms with Gasteiger partial charge in [-0.2, -0.15) is 0 Å². The van der Waals surface area contributed by atoms with Crippen LogP contribution in [-0.4, -0.2) is 67.0 Å². The van der Waals surface area contributed by atoms with E-state index in [0.29, 0.717) is 49.2 Å². The van der Waals surface area contributed by atoms with Crippen molar-refractivity contribution in [2.24, 2.45) is 10.9 Å². The maximum atomic E-state index is 14.8. The number of amidine groups is 1. The number of carbonyl (C=O) groups is 1. The van der Waals surface area contributed by atoms with Crippen LogP contribution in [-0.2, 0) is 4.79 Å². The topological polar surface area (TPSA) is 60.0 Å². The normalized spacial score (nSPS) is 23.6. The first-order valence-electron chi connectivity index (χ1n) is 12.4. The molecular formula is C26H33ClFN5O. The average molecular weight is 486 g/mol. The van der Waals surface area contributed by atoms with E-state index in [1.54, 1.807) is 12.1 Å². The molecule has 8 heteroatoms. The summed E-state index contributed by atoms with van der Waals surface area (Å²) in [6, 6.07) is 4.61. The molecule has 2 N–H and O–H groups in total. The maximum absolute atomic E-state index is 14.8. The number of carbonyl (C=O) groups excluding carboxylic acids is 1. The van der Waals surface area contributed by atoms with Crippen molar-refractivity contribution in [3.8, 4) is 0 Å². The molecule has 1 unspecified atom stereocenters. The van der Waals surface area contributed by atoms with Gasteiger partial charge in [0.25, 0.3) is 0 Å². The van der Waals surface area contributed by atoms with E-state index >= 15 is 0 Å². The number of nitrogens with one attached hydrogen (secondary N) is 2. The molecule has 1 saturated carbocycles. The first-order chi connectivity index (χ1) is 16.4. The molecule has 0 aromatic heterocycles. The van der Waals surface area contributed by atoms with Gasteiger partial charge in [-0.25, -0.2) is 9.38 Å². The number of benzene rings is 1. The number of hydrogen-bond acceptors (Lipinski definition) is 5. The standard InChI is InChI=1S/C26H33ClFN5O/c1-16-3-8-23-24(16)25(31-17(2)30-23)32-9-11-33(12-10-32)26(34)21(15-29-14-18-4-5-18)20-7-6-19(27)13-22(20)28/h6-7,13,17-18,21,29-30H,1,3-5,8-12,14-15H2,2H3/t17?,21-/m1/s1. The van der Waals surface area contributed by atoms with E-state index in [4.69, 9.17) is 16.6 Å². The van der Waals surface area contributed by atoms with Crippen LogP contribution in [0.1, 0.15) is 44.1 Å². The van der Waals surface area contributed by atoms with Gasteiger partial charge in [-0.05, 0) is 62.8 Å². The lowest BCUT2D eigenvalue weighted by molar-refractivity contribution is -0.134. The second-order valence-electron chi connectivity index (χ2n) is 9.86. The minimum atomic E-state index is -0.567. The third kappa shape index (κ3) is 4.86. The number of amides is 1. The zero-order valence-electron chi connectivity index (χ0n) is 19.7. The molecule has 2 atom stereocenters. The molecule has 1 amide bonds. The summed E-state index contributed by atoms with van der Waals surface area (Å²) in [7, 11) is 0. The van der Waals surface area contributed by atoms with Crippen molar-refractivity contribution in [2.45, 2.75) is 44.7 Å². The Labute approximate surface area is 205 Å². The predicted octanol–water partition coefficient (Wildman–Crippen LogP) is 3.66. The van der Waals surface area contributed by atoms with Crippen LogP contribution in [0.15, 0.2) is 46.6 Å². The highest BCUT2D eigenvalue weighted by Crippen LogP contribution is 2.34. The molecule has 0 bridgehead atoms. The van der Waals surface area contributed by atoms with E-state index in [9.17, 15) is 9.18 Å². The molecule has 0 radical (unpaired) electrons. The van der Waals surface area contributed by atoms with Crippen molar-refractivity contribution in [3.05, 3.63) is 58.0 Å². The van der Waals surface area contributed by atoms with Gasteiger partial charge >= 0.3 is 0 Å². The smallest absolute Gasteiger partial charge is 0.231 e. The summed E-state index contributed by atoms with van der Waals surface area (Å²) in [5.74, 6) is 0.668. The third-order valence-corrected chi connectivity index (χ3v) is 7.50. The lowest BCUT2D eigenvalue weighted by Gasteiger charge is -2.40. The average Bonchev–Trinajstić information content (AvgIpc) is 3.57. The highest BCUT2D eigenvalue weighted by Gasteiger charge is 2.35. The Morgan fingerprint density at radius 2 is 2.06 bits per heavy atom. The van der Waals surface area contributed by atoms with Crippen LogP contribution in [0.4, 0.5) is 4.39 Å². The van der Waals surface area contributed by atoms with E-state index in [0.717, 1.165) is 36.4 Å². The molecule has 2 aliphatic heterocycles. The molecule has 2 aliphatic carbocycles. The lowest BCUT2D eigenvalue weighted by Crippen LogP contribution is -2.53. The molecule has 2 heterocycles. The Hall–Kier alpha value is -2.38. The SMILES string of the molecule is C=C1CCC2=C1C(N1CCN(C(=O)[C@H](CNCC3CC3)c3ccc(Cl)cc3F)CC1)=NC(C)N2. The van der Waals surface area contributed by atoms with E-state index in [-0.39, 0.29) is 12.1 Å². The van der Waals surface area contributed by atoms with Crippen molar-refractivity contribution < 1.29 is 9.18 Å². The zero-order chi connectivity index (χ0) is 23.8. The highest BCUT2D eigenvalue weighted by molar-refractivity contribution is 6.30. The van der Waals surface area contributed by atoms with Gasteiger partial charge in [-0.1, -0.05) is 24.2 Å². The molecule has 2 fully saturated rings. The fourth-order valence-electron chi connectivity index (χ4n) is 5.18. The Bertz CT molecular complexity index is 1040. The number of hydrogen-bond donors (Lipinski definition) is 2. The van der Waals surface area contributed by atoms with Crippen LogP contribution in [0.3, 0.4) is 0 Å². The number of allylic oxidation sites excluding steroid dienone is 1. The minimum absolute atomic E-state index is 0.0324. The molecule has 6 nitrogen and oxygen atoms in total. The maximum Gasteiger partial charge on any atom is 0.231 e. The van der Waals surface area contributed by atoms with Gasteiger partial charge in [0.2, 0.25) is 5.91 Å². The van der Waals surface area contributed by atoms with E-state index < -0.39 is 11.7 Å². The summed E-state index contributed by atoms with van der Waals surface area (Å²) in [6.45, 7) is 10.2. The number of rotatable bonds is 6. The van der Waals surface area contributed by atoms with Gasteiger partial charge in [-0.15, -0.1) is 0 Å². The van der Waals surface area contributed by atoms with Gasteiger partial charge in [-0.3, -0.25) is 4.79 Å². The van der Waals surface area contributed by atoms with Gasteiger partial charge in [0.1, 0.15) is 17.8 Å². The molecule has 5 rings (SSSR count). The second kappa shape index (κ2) is 9.70. The van der Waals surface area contributed by atoms with Crippen LogP contribution < -0.4 is 10.6 Å². The van der Waals surface area contributed by atoms with Crippen molar-refractivity contribution in [3.63, 3.8) is 0 Å². The molecule has 1 aromatic carbocycles. The fraction of sp³-hybridized carbons (Fsp3) is 0.538. The second-order valence-corrected chi connectivity index (χ2v) is 10.3. The molecule has 1 aromatic rings. The number of nitrogens with zero attached hydrogens (tertiary/aromatic N) is 3. The monoisotopic (exact) mass is 485 g/mol. The Balaban J connectivity index is 1.28. The van der Waals surface area contributed by atoms with Gasteiger partial charge in [0.15, 0.2) is 0 Å². The first-order valence-corrected chi connectivity index (χ1v) is 12.7. The first kappa shape index (κ1) is 23.4. The molecule has 0 spiro atoms. The minimum Gasteiger partial charge on any atom is -0.367 e. The third-order valence-electron chi connectivity index (χ3n) is 7.26. The van der Waals surface area contributed by atoms with Crippen molar-refractivity contribution >= 4 is 23.3 Å². The number of piperazine rings is 1. The van der Waals surface area contributed by atoms with E-state index in [2.05, 4.69) is 29.0 Å². The lowest BCUT2D eigenvalue weighted by atomic mass is 9.96. The van der Waals surface area contributed by atoms with Crippen LogP contribution in [0, 0.1) is 11.7 Å². The summed E-state index contributed by atoms with van der Waals surface area (Å²) >= 11 is 5.97. The summed E-state index contributed by atoms with van der Waals surface area (Å²) in [5.41, 5.74) is 3.93. The Morgan fingerprint density at radius 1 is 1.29 bits per heavy atom. The van der Waals surface area contributed by atoms with Gasteiger partial charge in [0.05, 0.1) is 5.92 Å². The predicted molar refractivity (Wildman–Crippen MR) is 133 cm³/mol. The number of aliphatic imine (C=N–C) groups is 1. The van der Waals surface area contributed by atoms with Crippen LogP contribution in [0.5, 0.6) is 0 Å². The van der Waals surface area contributed by atoms with E-state index in [1.807, 2.05) is 4.90 Å². The van der Waals surface area contributed by atoms with Crippen LogP contribution in [0.2, 0.25) is 5.02 Å². The fourth-order valence-corrected chi connectivity index (χ4v) is 5.33. The Morgan fingerprint density at radius 3 is 2.76 bits per heavy atom. The largest absolute Gasteiger partial charge is 0.367 e. The van der Waals surface area contributed by atoms with Crippen LogP contribution in [0.25, 0.3) is 0 Å². The number of halogens is 2. The molecule has 34 heavy (non-hydrogen) atoms. The van der Waals surface area contributed by atoms with Crippen molar-refractivity contribution in [1.29, 1.82) is 0 Å². The molecule has 1 saturated heterocycles. The van der Waals surface area contributed by atoms with Crippen molar-refractivity contribution in [1.82, 2.24) is 20.4 Å². The van der Waals surface area contributed by atoms with Crippen molar-refractivity contribution in [2.75, 3.05) is 39.3 Å².